The summed E-state index contributed by atoms with van der Waals surface area (Å²) in [7, 11) is 0. The predicted octanol–water partition coefficient (Wildman–Crippen LogP) is 4.36. The smallest absolute Gasteiger partial charge is 0.322 e. The summed E-state index contributed by atoms with van der Waals surface area (Å²) in [6.07, 6.45) is 7.96. The third kappa shape index (κ3) is 6.84. The van der Waals surface area contributed by atoms with Gasteiger partial charge in [0.1, 0.15) is 11.4 Å². The van der Waals surface area contributed by atoms with Crippen LogP contribution in [0.1, 0.15) is 57.1 Å². The van der Waals surface area contributed by atoms with Gasteiger partial charge in [-0.3, -0.25) is 4.79 Å². The quantitative estimate of drug-likeness (QED) is 0.485. The molecule has 0 heterocycles. The number of thioether (sulfide) groups is 1. The van der Waals surface area contributed by atoms with Crippen LogP contribution >= 0.6 is 11.8 Å². The monoisotopic (exact) mass is 324 g/mol. The fraction of sp³-hybridized carbons (Fsp3) is 0.611. The number of carbonyl (C=O) groups excluding carboxylic acids is 1. The molecule has 0 radical (unpaired) electrons. The van der Waals surface area contributed by atoms with Crippen LogP contribution in [0, 0.1) is 0 Å². The second-order valence-electron chi connectivity index (χ2n) is 5.45. The van der Waals surface area contributed by atoms with Crippen LogP contribution in [-0.2, 0) is 9.53 Å². The third-order valence-corrected chi connectivity index (χ3v) is 4.61. The summed E-state index contributed by atoms with van der Waals surface area (Å²) in [5.74, 6) is -0.322. The van der Waals surface area contributed by atoms with Crippen molar-refractivity contribution in [2.24, 2.45) is 0 Å². The molecule has 1 rings (SSSR count). The second kappa shape index (κ2) is 11.6. The largest absolute Gasteiger partial charge is 0.465 e. The lowest BCUT2D eigenvalue weighted by molar-refractivity contribution is -0.145. The number of esters is 1. The molecule has 0 aromatic heterocycles. The zero-order chi connectivity index (χ0) is 16.2. The molecule has 0 aliphatic heterocycles. The normalized spacial score (nSPS) is 13.6. The number of aliphatic hydroxyl groups is 1. The van der Waals surface area contributed by atoms with Crippen LogP contribution in [-0.4, -0.2) is 29.2 Å². The molecule has 0 saturated carbocycles. The number of benzene rings is 1. The Morgan fingerprint density at radius 3 is 2.41 bits per heavy atom. The average Bonchev–Trinajstić information content (AvgIpc) is 2.55. The first-order valence-electron chi connectivity index (χ1n) is 8.13. The van der Waals surface area contributed by atoms with Gasteiger partial charge in [-0.2, -0.15) is 0 Å². The van der Waals surface area contributed by atoms with E-state index in [2.05, 4.69) is 6.92 Å². The molecular formula is C18H28O3S. The predicted molar refractivity (Wildman–Crippen MR) is 93.0 cm³/mol. The molecule has 0 spiro atoms. The minimum absolute atomic E-state index is 0.322. The van der Waals surface area contributed by atoms with Crippen molar-refractivity contribution >= 4 is 17.7 Å². The molecule has 1 N–H and O–H groups in total. The molecular weight excluding hydrogens is 296 g/mol. The highest BCUT2D eigenvalue weighted by atomic mass is 32.2. The van der Waals surface area contributed by atoms with Crippen LogP contribution in [0.3, 0.4) is 0 Å². The van der Waals surface area contributed by atoms with Gasteiger partial charge in [0, 0.05) is 0 Å². The highest BCUT2D eigenvalue weighted by Crippen LogP contribution is 2.26. The highest BCUT2D eigenvalue weighted by molar-refractivity contribution is 7.99. The maximum absolute atomic E-state index is 12.1. The van der Waals surface area contributed by atoms with E-state index in [1.54, 1.807) is 0 Å². The second-order valence-corrected chi connectivity index (χ2v) is 6.43. The van der Waals surface area contributed by atoms with Gasteiger partial charge in [0.2, 0.25) is 0 Å². The molecule has 22 heavy (non-hydrogen) atoms. The summed E-state index contributed by atoms with van der Waals surface area (Å²) < 4.78 is 5.32. The molecule has 0 bridgehead atoms. The van der Waals surface area contributed by atoms with E-state index >= 15 is 0 Å². The van der Waals surface area contributed by atoms with Crippen LogP contribution in [0.15, 0.2) is 30.3 Å². The lowest BCUT2D eigenvalue weighted by atomic mass is 10.1. The van der Waals surface area contributed by atoms with Gasteiger partial charge in [-0.15, -0.1) is 11.8 Å². The van der Waals surface area contributed by atoms with E-state index in [4.69, 9.17) is 4.74 Å². The first-order valence-corrected chi connectivity index (χ1v) is 9.42. The molecule has 0 aliphatic carbocycles. The van der Waals surface area contributed by atoms with Gasteiger partial charge in [0.25, 0.3) is 0 Å². The van der Waals surface area contributed by atoms with E-state index in [9.17, 15) is 9.90 Å². The fourth-order valence-electron chi connectivity index (χ4n) is 2.32. The van der Waals surface area contributed by atoms with E-state index < -0.39 is 11.4 Å². The van der Waals surface area contributed by atoms with Gasteiger partial charge >= 0.3 is 5.97 Å². The van der Waals surface area contributed by atoms with Crippen molar-refractivity contribution < 1.29 is 14.6 Å². The van der Waals surface area contributed by atoms with Crippen LogP contribution in [0.4, 0.5) is 0 Å². The van der Waals surface area contributed by atoms with E-state index in [0.717, 1.165) is 18.4 Å². The van der Waals surface area contributed by atoms with Crippen molar-refractivity contribution in [2.75, 3.05) is 12.9 Å². The van der Waals surface area contributed by atoms with Crippen LogP contribution < -0.4 is 0 Å². The molecule has 0 amide bonds. The molecule has 0 aliphatic rings. The maximum atomic E-state index is 12.1. The lowest BCUT2D eigenvalue weighted by Gasteiger charge is -2.20. The number of ether oxygens (including phenoxy) is 1. The molecule has 4 heteroatoms. The highest BCUT2D eigenvalue weighted by Gasteiger charge is 2.28. The molecule has 0 fully saturated rings. The number of carbonyl (C=O) groups is 1. The Kier molecular flexibility index (Phi) is 10.0. The van der Waals surface area contributed by atoms with E-state index in [-0.39, 0.29) is 5.97 Å². The summed E-state index contributed by atoms with van der Waals surface area (Å²) in [5.41, 5.74) is 0.748. The molecule has 124 valence electrons. The fourth-order valence-corrected chi connectivity index (χ4v) is 2.99. The standard InChI is InChI=1S/C18H28O3S/c1-3-4-5-6-7-11-14-21-18(20)17(22-2)16(19)15-12-9-8-10-13-15/h8-10,12-13,16-17,19H,3-7,11,14H2,1-2H3/t16-,17+/m1/s1. The summed E-state index contributed by atoms with van der Waals surface area (Å²) in [4.78, 5) is 12.1. The number of hydrogen-bond acceptors (Lipinski definition) is 4. The topological polar surface area (TPSA) is 46.5 Å². The van der Waals surface area contributed by atoms with Gasteiger partial charge < -0.3 is 9.84 Å². The molecule has 3 nitrogen and oxygen atoms in total. The Bertz CT molecular complexity index is 408. The Hall–Kier alpha value is -1.00. The number of rotatable bonds is 11. The first-order chi connectivity index (χ1) is 10.7. The van der Waals surface area contributed by atoms with Gasteiger partial charge in [-0.25, -0.2) is 0 Å². The Morgan fingerprint density at radius 2 is 1.77 bits per heavy atom. The summed E-state index contributed by atoms with van der Waals surface area (Å²) >= 11 is 1.33. The van der Waals surface area contributed by atoms with Crippen molar-refractivity contribution in [2.45, 2.75) is 56.8 Å². The van der Waals surface area contributed by atoms with Gasteiger partial charge in [0.05, 0.1) is 6.61 Å². The van der Waals surface area contributed by atoms with Crippen molar-refractivity contribution in [3.05, 3.63) is 35.9 Å². The van der Waals surface area contributed by atoms with Crippen LogP contribution in [0.2, 0.25) is 0 Å². The number of hydrogen-bond donors (Lipinski definition) is 1. The van der Waals surface area contributed by atoms with Crippen molar-refractivity contribution in [3.8, 4) is 0 Å². The minimum atomic E-state index is -0.826. The van der Waals surface area contributed by atoms with Crippen LogP contribution in [0.5, 0.6) is 0 Å². The average molecular weight is 324 g/mol. The zero-order valence-electron chi connectivity index (χ0n) is 13.7. The minimum Gasteiger partial charge on any atom is -0.465 e. The first kappa shape index (κ1) is 19.0. The number of unbranched alkanes of at least 4 members (excludes halogenated alkanes) is 5. The van der Waals surface area contributed by atoms with Crippen LogP contribution in [0.25, 0.3) is 0 Å². The van der Waals surface area contributed by atoms with Crippen molar-refractivity contribution in [1.29, 1.82) is 0 Å². The molecule has 1 aromatic carbocycles. The Morgan fingerprint density at radius 1 is 1.14 bits per heavy atom. The zero-order valence-corrected chi connectivity index (χ0v) is 14.5. The lowest BCUT2D eigenvalue weighted by Crippen LogP contribution is -2.27. The molecule has 2 atom stereocenters. The summed E-state index contributed by atoms with van der Waals surface area (Å²) in [6, 6.07) is 9.26. The summed E-state index contributed by atoms with van der Waals surface area (Å²) in [5, 5.41) is 9.76. The Labute approximate surface area is 138 Å². The summed E-state index contributed by atoms with van der Waals surface area (Å²) in [6.45, 7) is 2.64. The van der Waals surface area contributed by atoms with Crippen molar-refractivity contribution in [3.63, 3.8) is 0 Å². The maximum Gasteiger partial charge on any atom is 0.322 e. The Balaban J connectivity index is 2.32. The molecule has 0 saturated heterocycles. The van der Waals surface area contributed by atoms with E-state index in [0.29, 0.717) is 6.61 Å². The molecule has 1 aromatic rings. The van der Waals surface area contributed by atoms with Gasteiger partial charge in [-0.1, -0.05) is 69.4 Å². The van der Waals surface area contributed by atoms with Gasteiger partial charge in [-0.05, 0) is 18.2 Å². The van der Waals surface area contributed by atoms with Crippen molar-refractivity contribution in [1.82, 2.24) is 0 Å². The third-order valence-electron chi connectivity index (χ3n) is 3.66. The van der Waals surface area contributed by atoms with E-state index in [1.807, 2.05) is 36.6 Å². The van der Waals surface area contributed by atoms with Gasteiger partial charge in [0.15, 0.2) is 0 Å². The SMILES string of the molecule is CCCCCCCCOC(=O)[C@@H](SC)[C@H](O)c1ccccc1. The van der Waals surface area contributed by atoms with E-state index in [1.165, 1.54) is 37.4 Å². The number of aliphatic hydroxyl groups excluding tert-OH is 1. The molecule has 0 unspecified atom stereocenters.